The predicted octanol–water partition coefficient (Wildman–Crippen LogP) is -1.88. The molecule has 0 radical (unpaired) electrons. The van der Waals surface area contributed by atoms with Crippen LogP contribution in [0.4, 0.5) is 0 Å². The molecule has 0 spiro atoms. The van der Waals surface area contributed by atoms with Crippen LogP contribution in [0, 0.1) is 0 Å². The Morgan fingerprint density at radius 2 is 2.38 bits per heavy atom. The molecule has 1 aliphatic rings. The summed E-state index contributed by atoms with van der Waals surface area (Å²) in [6.07, 6.45) is 0.737. The van der Waals surface area contributed by atoms with Crippen molar-refractivity contribution in [3.8, 4) is 0 Å². The number of ether oxygens (including phenoxy) is 1. The van der Waals surface area contributed by atoms with Gasteiger partial charge in [0.15, 0.2) is 0 Å². The van der Waals surface area contributed by atoms with E-state index in [0.29, 0.717) is 0 Å². The first-order valence-corrected chi connectivity index (χ1v) is 4.26. The second-order valence-electron chi connectivity index (χ2n) is 2.94. The second-order valence-corrected chi connectivity index (χ2v) is 2.94. The van der Waals surface area contributed by atoms with Gasteiger partial charge in [0, 0.05) is 12.6 Å². The van der Waals surface area contributed by atoms with E-state index in [1.165, 1.54) is 7.11 Å². The van der Waals surface area contributed by atoms with Gasteiger partial charge >= 0.3 is 5.97 Å². The second kappa shape index (κ2) is 5.13. The molecule has 2 atom stereocenters. The third-order valence-corrected chi connectivity index (χ3v) is 2.02. The van der Waals surface area contributed by atoms with Crippen molar-refractivity contribution in [1.82, 2.24) is 21.7 Å². The van der Waals surface area contributed by atoms with Crippen LogP contribution in [-0.4, -0.2) is 38.8 Å². The van der Waals surface area contributed by atoms with Crippen LogP contribution in [-0.2, 0) is 9.53 Å². The van der Waals surface area contributed by atoms with E-state index < -0.39 is 0 Å². The summed E-state index contributed by atoms with van der Waals surface area (Å²) in [6, 6.07) is 0.0673. The molecule has 1 heterocycles. The summed E-state index contributed by atoms with van der Waals surface area (Å²) in [6.45, 7) is 0.758. The highest BCUT2D eigenvalue weighted by molar-refractivity contribution is 5.76. The molecule has 76 valence electrons. The fourth-order valence-corrected chi connectivity index (χ4v) is 1.34. The third-order valence-electron chi connectivity index (χ3n) is 2.02. The van der Waals surface area contributed by atoms with Gasteiger partial charge in [-0.3, -0.25) is 4.79 Å². The quantitative estimate of drug-likeness (QED) is 0.306. The van der Waals surface area contributed by atoms with Gasteiger partial charge in [-0.05, 0) is 13.5 Å². The fourth-order valence-electron chi connectivity index (χ4n) is 1.34. The summed E-state index contributed by atoms with van der Waals surface area (Å²) in [5.41, 5.74) is 8.53. The molecule has 1 rings (SSSR count). The highest BCUT2D eigenvalue weighted by Crippen LogP contribution is 2.06. The topological polar surface area (TPSA) is 74.4 Å². The van der Waals surface area contributed by atoms with Crippen LogP contribution in [0.5, 0.6) is 0 Å². The summed E-state index contributed by atoms with van der Waals surface area (Å²) in [5.74, 6) is -0.200. The minimum absolute atomic E-state index is 0.179. The van der Waals surface area contributed by atoms with Gasteiger partial charge in [-0.15, -0.1) is 0 Å². The van der Waals surface area contributed by atoms with Crippen LogP contribution in [0.1, 0.15) is 6.42 Å². The van der Waals surface area contributed by atoms with Gasteiger partial charge in [-0.1, -0.05) is 0 Å². The van der Waals surface area contributed by atoms with Gasteiger partial charge < -0.3 is 10.1 Å². The Hall–Kier alpha value is -0.690. The maximum absolute atomic E-state index is 11.1. The minimum atomic E-state index is -0.200. The van der Waals surface area contributed by atoms with Gasteiger partial charge in [0.25, 0.3) is 0 Å². The molecule has 6 nitrogen and oxygen atoms in total. The van der Waals surface area contributed by atoms with Gasteiger partial charge in [-0.2, -0.15) is 5.53 Å². The van der Waals surface area contributed by atoms with Crippen LogP contribution < -0.4 is 21.7 Å². The molecule has 0 amide bonds. The van der Waals surface area contributed by atoms with E-state index in [9.17, 15) is 4.79 Å². The molecule has 2 unspecified atom stereocenters. The van der Waals surface area contributed by atoms with E-state index in [-0.39, 0.29) is 18.1 Å². The summed E-state index contributed by atoms with van der Waals surface area (Å²) in [5, 5.41) is 3.06. The zero-order valence-corrected chi connectivity index (χ0v) is 7.89. The molecule has 13 heavy (non-hydrogen) atoms. The average Bonchev–Trinajstić information content (AvgIpc) is 2.62. The number of rotatable bonds is 4. The number of hydrazine groups is 2. The number of carbonyl (C=O) groups excluding carboxylic acids is 1. The molecule has 6 heteroatoms. The minimum Gasteiger partial charge on any atom is -0.468 e. The highest BCUT2D eigenvalue weighted by atomic mass is 16.5. The van der Waals surface area contributed by atoms with Crippen molar-refractivity contribution in [3.63, 3.8) is 0 Å². The Morgan fingerprint density at radius 1 is 1.62 bits per heavy atom. The Balaban J connectivity index is 2.23. The molecule has 1 aliphatic heterocycles. The first-order valence-electron chi connectivity index (χ1n) is 4.26. The Kier molecular flexibility index (Phi) is 4.10. The largest absolute Gasteiger partial charge is 0.468 e. The van der Waals surface area contributed by atoms with Crippen molar-refractivity contribution >= 4 is 5.97 Å². The molecule has 1 fully saturated rings. The normalized spacial score (nSPS) is 27.5. The average molecular weight is 188 g/mol. The molecule has 0 bridgehead atoms. The van der Waals surface area contributed by atoms with Crippen molar-refractivity contribution < 1.29 is 9.53 Å². The number of hydrogen-bond acceptors (Lipinski definition) is 6. The van der Waals surface area contributed by atoms with Gasteiger partial charge in [-0.25, -0.2) is 10.9 Å². The maximum atomic E-state index is 11.1. The molecule has 0 saturated carbocycles. The fraction of sp³-hybridized carbons (Fsp3) is 0.857. The van der Waals surface area contributed by atoms with Gasteiger partial charge in [0.2, 0.25) is 0 Å². The van der Waals surface area contributed by atoms with Crippen molar-refractivity contribution in [3.05, 3.63) is 0 Å². The summed E-state index contributed by atoms with van der Waals surface area (Å²) < 4.78 is 4.62. The number of carbonyl (C=O) groups is 1. The van der Waals surface area contributed by atoms with E-state index in [4.69, 9.17) is 0 Å². The van der Waals surface area contributed by atoms with E-state index in [2.05, 4.69) is 26.4 Å². The van der Waals surface area contributed by atoms with Crippen LogP contribution in [0.3, 0.4) is 0 Å². The Morgan fingerprint density at radius 3 is 3.00 bits per heavy atom. The van der Waals surface area contributed by atoms with E-state index in [1.54, 1.807) is 7.05 Å². The maximum Gasteiger partial charge on any atom is 0.322 e. The zero-order valence-electron chi connectivity index (χ0n) is 7.89. The van der Waals surface area contributed by atoms with Crippen LogP contribution in [0.15, 0.2) is 0 Å². The SMILES string of the molecule is CNNNC1CNC(C(=O)OC)C1. The van der Waals surface area contributed by atoms with Crippen molar-refractivity contribution in [1.29, 1.82) is 0 Å². The molecular formula is C7H16N4O2. The monoisotopic (exact) mass is 188 g/mol. The van der Waals surface area contributed by atoms with Crippen molar-refractivity contribution in [2.75, 3.05) is 20.7 Å². The molecule has 0 aromatic carbocycles. The predicted molar refractivity (Wildman–Crippen MR) is 47.5 cm³/mol. The zero-order chi connectivity index (χ0) is 9.68. The summed E-state index contributed by atoms with van der Waals surface area (Å²) in [7, 11) is 3.17. The van der Waals surface area contributed by atoms with Crippen LogP contribution >= 0.6 is 0 Å². The summed E-state index contributed by atoms with van der Waals surface area (Å²) >= 11 is 0. The van der Waals surface area contributed by atoms with E-state index in [0.717, 1.165) is 13.0 Å². The molecule has 0 aromatic heterocycles. The molecule has 0 aliphatic carbocycles. The third kappa shape index (κ3) is 2.92. The number of esters is 1. The Bertz CT molecular complexity index is 176. The number of hydrogen-bond donors (Lipinski definition) is 4. The van der Waals surface area contributed by atoms with Gasteiger partial charge in [0.1, 0.15) is 6.04 Å². The first-order chi connectivity index (χ1) is 6.27. The summed E-state index contributed by atoms with van der Waals surface area (Å²) in [4.78, 5) is 11.1. The number of nitrogens with one attached hydrogen (secondary N) is 4. The highest BCUT2D eigenvalue weighted by Gasteiger charge is 2.29. The van der Waals surface area contributed by atoms with E-state index in [1.807, 2.05) is 0 Å². The molecule has 1 saturated heterocycles. The van der Waals surface area contributed by atoms with Crippen LogP contribution in [0.2, 0.25) is 0 Å². The molecule has 0 aromatic rings. The Labute approximate surface area is 77.3 Å². The smallest absolute Gasteiger partial charge is 0.322 e. The lowest BCUT2D eigenvalue weighted by Crippen LogP contribution is -2.47. The van der Waals surface area contributed by atoms with Crippen molar-refractivity contribution in [2.24, 2.45) is 0 Å². The van der Waals surface area contributed by atoms with Crippen molar-refractivity contribution in [2.45, 2.75) is 18.5 Å². The lowest BCUT2D eigenvalue weighted by atomic mass is 10.2. The van der Waals surface area contributed by atoms with Crippen LogP contribution in [0.25, 0.3) is 0 Å². The first kappa shape index (κ1) is 10.4. The lowest BCUT2D eigenvalue weighted by molar-refractivity contribution is -0.142. The molecule has 4 N–H and O–H groups in total. The van der Waals surface area contributed by atoms with Gasteiger partial charge in [0.05, 0.1) is 7.11 Å². The number of methoxy groups -OCH3 is 1. The molecular weight excluding hydrogens is 172 g/mol. The lowest BCUT2D eigenvalue weighted by Gasteiger charge is -2.11. The van der Waals surface area contributed by atoms with E-state index >= 15 is 0 Å². The standard InChI is InChI=1S/C7H16N4O2/c1-8-11-10-5-3-6(9-4-5)7(12)13-2/h5-6,8-11H,3-4H2,1-2H3.